The van der Waals surface area contributed by atoms with Crippen LogP contribution in [0.25, 0.3) is 0 Å². The molecule has 1 aromatic carbocycles. The summed E-state index contributed by atoms with van der Waals surface area (Å²) in [6, 6.07) is 8.72. The summed E-state index contributed by atoms with van der Waals surface area (Å²) in [6.45, 7) is 1.48. The van der Waals surface area contributed by atoms with E-state index in [0.717, 1.165) is 0 Å². The molecule has 3 N–H and O–H groups in total. The number of nitrogens with one attached hydrogen (secondary N) is 1. The molecule has 0 amide bonds. The zero-order valence-corrected chi connectivity index (χ0v) is 9.74. The third kappa shape index (κ3) is 3.57. The molecular formula is C10H15NO4S. The molecule has 1 aromatic rings. The maximum Gasteiger partial charge on any atom is 0.333 e. The SMILES string of the molecule is CCC(O)(CNS(=O)(=O)O)c1ccccc1. The van der Waals surface area contributed by atoms with Crippen molar-refractivity contribution in [3.05, 3.63) is 35.9 Å². The molecule has 0 aliphatic heterocycles. The summed E-state index contributed by atoms with van der Waals surface area (Å²) in [5, 5.41) is 10.2. The number of aliphatic hydroxyl groups is 1. The predicted molar refractivity (Wildman–Crippen MR) is 60.2 cm³/mol. The van der Waals surface area contributed by atoms with E-state index < -0.39 is 15.9 Å². The van der Waals surface area contributed by atoms with E-state index in [4.69, 9.17) is 4.55 Å². The van der Waals surface area contributed by atoms with Crippen molar-refractivity contribution >= 4 is 10.3 Å². The average Bonchev–Trinajstić information content (AvgIpc) is 2.26. The van der Waals surface area contributed by atoms with Crippen LogP contribution in [0, 0.1) is 0 Å². The first-order valence-electron chi connectivity index (χ1n) is 4.87. The van der Waals surface area contributed by atoms with Gasteiger partial charge in [-0.15, -0.1) is 0 Å². The molecule has 0 saturated heterocycles. The molecule has 90 valence electrons. The Bertz CT molecular complexity index is 431. The molecule has 0 aromatic heterocycles. The summed E-state index contributed by atoms with van der Waals surface area (Å²) in [5.41, 5.74) is -0.703. The summed E-state index contributed by atoms with van der Waals surface area (Å²) < 4.78 is 31.6. The average molecular weight is 245 g/mol. The minimum atomic E-state index is -4.29. The van der Waals surface area contributed by atoms with Crippen molar-refractivity contribution in [3.63, 3.8) is 0 Å². The van der Waals surface area contributed by atoms with Gasteiger partial charge in [-0.05, 0) is 12.0 Å². The van der Waals surface area contributed by atoms with Crippen LogP contribution in [0.3, 0.4) is 0 Å². The van der Waals surface area contributed by atoms with Crippen LogP contribution in [0.1, 0.15) is 18.9 Å². The molecule has 0 aliphatic rings. The number of hydrogen-bond donors (Lipinski definition) is 3. The van der Waals surface area contributed by atoms with Gasteiger partial charge in [0.05, 0.1) is 0 Å². The van der Waals surface area contributed by atoms with Gasteiger partial charge >= 0.3 is 10.3 Å². The lowest BCUT2D eigenvalue weighted by molar-refractivity contribution is 0.0374. The molecule has 0 saturated carbocycles. The zero-order valence-electron chi connectivity index (χ0n) is 8.92. The van der Waals surface area contributed by atoms with E-state index in [-0.39, 0.29) is 6.54 Å². The number of rotatable bonds is 5. The van der Waals surface area contributed by atoms with E-state index in [1.807, 2.05) is 4.72 Å². The van der Waals surface area contributed by atoms with Gasteiger partial charge in [0.2, 0.25) is 0 Å². The van der Waals surface area contributed by atoms with Crippen LogP contribution in [-0.4, -0.2) is 24.6 Å². The third-order valence-electron chi connectivity index (χ3n) is 2.44. The Morgan fingerprint density at radius 3 is 2.31 bits per heavy atom. The van der Waals surface area contributed by atoms with Gasteiger partial charge in [0, 0.05) is 6.54 Å². The van der Waals surface area contributed by atoms with E-state index in [2.05, 4.69) is 0 Å². The summed E-state index contributed by atoms with van der Waals surface area (Å²) in [6.07, 6.45) is 0.333. The molecule has 0 fully saturated rings. The van der Waals surface area contributed by atoms with Crippen LogP contribution in [0.15, 0.2) is 30.3 Å². The second-order valence-electron chi connectivity index (χ2n) is 3.55. The maximum absolute atomic E-state index is 10.6. The predicted octanol–water partition coefficient (Wildman–Crippen LogP) is 0.677. The Kier molecular flexibility index (Phi) is 4.03. The smallest absolute Gasteiger partial charge is 0.333 e. The fraction of sp³-hybridized carbons (Fsp3) is 0.400. The summed E-state index contributed by atoms with van der Waals surface area (Å²) in [5.74, 6) is 0. The van der Waals surface area contributed by atoms with Gasteiger partial charge < -0.3 is 5.11 Å². The molecule has 1 atom stereocenters. The molecule has 5 nitrogen and oxygen atoms in total. The monoisotopic (exact) mass is 245 g/mol. The van der Waals surface area contributed by atoms with Crippen LogP contribution >= 0.6 is 0 Å². The van der Waals surface area contributed by atoms with E-state index in [9.17, 15) is 13.5 Å². The Labute approximate surface area is 95.0 Å². The lowest BCUT2D eigenvalue weighted by Gasteiger charge is -2.26. The Morgan fingerprint density at radius 2 is 1.88 bits per heavy atom. The van der Waals surface area contributed by atoms with Crippen LogP contribution in [0.5, 0.6) is 0 Å². The van der Waals surface area contributed by atoms with Gasteiger partial charge in [0.1, 0.15) is 5.60 Å². The van der Waals surface area contributed by atoms with E-state index in [0.29, 0.717) is 12.0 Å². The van der Waals surface area contributed by atoms with Crippen molar-refractivity contribution in [1.82, 2.24) is 4.72 Å². The Balaban J connectivity index is 2.87. The first-order valence-corrected chi connectivity index (χ1v) is 6.31. The minimum Gasteiger partial charge on any atom is -0.384 e. The highest BCUT2D eigenvalue weighted by Crippen LogP contribution is 2.23. The highest BCUT2D eigenvalue weighted by molar-refractivity contribution is 7.83. The zero-order chi connectivity index (χ0) is 12.2. The molecule has 6 heteroatoms. The van der Waals surface area contributed by atoms with Crippen molar-refractivity contribution in [2.24, 2.45) is 0 Å². The van der Waals surface area contributed by atoms with Gasteiger partial charge in [-0.1, -0.05) is 37.3 Å². The lowest BCUT2D eigenvalue weighted by atomic mass is 9.91. The second kappa shape index (κ2) is 4.92. The Morgan fingerprint density at radius 1 is 1.31 bits per heavy atom. The van der Waals surface area contributed by atoms with Crippen LogP contribution in [0.2, 0.25) is 0 Å². The van der Waals surface area contributed by atoms with E-state index in [1.165, 1.54) is 0 Å². The molecular weight excluding hydrogens is 230 g/mol. The largest absolute Gasteiger partial charge is 0.384 e. The Hall–Kier alpha value is -0.950. The lowest BCUT2D eigenvalue weighted by Crippen LogP contribution is -2.40. The molecule has 0 heterocycles. The second-order valence-corrected chi connectivity index (χ2v) is 4.79. The first kappa shape index (κ1) is 13.1. The van der Waals surface area contributed by atoms with Crippen molar-refractivity contribution in [3.8, 4) is 0 Å². The molecule has 0 spiro atoms. The van der Waals surface area contributed by atoms with Crippen molar-refractivity contribution in [2.45, 2.75) is 18.9 Å². The summed E-state index contributed by atoms with van der Waals surface area (Å²) in [7, 11) is -4.29. The van der Waals surface area contributed by atoms with Gasteiger partial charge in [0.15, 0.2) is 0 Å². The fourth-order valence-corrected chi connectivity index (χ4v) is 1.81. The summed E-state index contributed by atoms with van der Waals surface area (Å²) in [4.78, 5) is 0. The van der Waals surface area contributed by atoms with E-state index in [1.54, 1.807) is 37.3 Å². The molecule has 0 aliphatic carbocycles. The molecule has 16 heavy (non-hydrogen) atoms. The van der Waals surface area contributed by atoms with Crippen molar-refractivity contribution in [1.29, 1.82) is 0 Å². The first-order chi connectivity index (χ1) is 7.37. The molecule has 0 radical (unpaired) electrons. The standard InChI is InChI=1S/C10H15NO4S/c1-2-10(12,8-11-16(13,14)15)9-6-4-3-5-7-9/h3-7,11-12H,2,8H2,1H3,(H,13,14,15). The molecule has 1 rings (SSSR count). The highest BCUT2D eigenvalue weighted by atomic mass is 32.2. The van der Waals surface area contributed by atoms with Gasteiger partial charge in [-0.3, -0.25) is 4.55 Å². The van der Waals surface area contributed by atoms with Crippen LogP contribution < -0.4 is 4.72 Å². The fourth-order valence-electron chi connectivity index (χ4n) is 1.39. The highest BCUT2D eigenvalue weighted by Gasteiger charge is 2.28. The minimum absolute atomic E-state index is 0.258. The quantitative estimate of drug-likeness (QED) is 0.666. The number of benzene rings is 1. The third-order valence-corrected chi connectivity index (χ3v) is 2.95. The molecule has 0 bridgehead atoms. The normalized spacial score (nSPS) is 15.7. The van der Waals surface area contributed by atoms with Gasteiger partial charge in [-0.25, -0.2) is 0 Å². The van der Waals surface area contributed by atoms with Gasteiger partial charge in [0.25, 0.3) is 0 Å². The van der Waals surface area contributed by atoms with E-state index >= 15 is 0 Å². The van der Waals surface area contributed by atoms with Gasteiger partial charge in [-0.2, -0.15) is 13.1 Å². The number of hydrogen-bond acceptors (Lipinski definition) is 3. The maximum atomic E-state index is 10.6. The topological polar surface area (TPSA) is 86.6 Å². The van der Waals surface area contributed by atoms with Crippen molar-refractivity contribution < 1.29 is 18.1 Å². The molecule has 1 unspecified atom stereocenters. The van der Waals surface area contributed by atoms with Crippen LogP contribution in [-0.2, 0) is 15.9 Å². The summed E-state index contributed by atoms with van der Waals surface area (Å²) >= 11 is 0. The van der Waals surface area contributed by atoms with Crippen molar-refractivity contribution in [2.75, 3.05) is 6.54 Å². The van der Waals surface area contributed by atoms with Crippen LogP contribution in [0.4, 0.5) is 0 Å².